The van der Waals surface area contributed by atoms with Crippen LogP contribution in [-0.4, -0.2) is 69.4 Å². The van der Waals surface area contributed by atoms with Crippen molar-refractivity contribution in [3.05, 3.63) is 46.5 Å². The maximum absolute atomic E-state index is 11.0. The minimum atomic E-state index is -0.422. The molecule has 3 N–H and O–H groups in total. The van der Waals surface area contributed by atoms with Crippen molar-refractivity contribution in [2.24, 2.45) is 0 Å². The second-order valence-corrected chi connectivity index (χ2v) is 7.26. The topological polar surface area (TPSA) is 125 Å². The SMILES string of the molecule is O=[N+]([O-])c1ccc2c(-c3nc4ccc(NCCN5CCOCC5)cc4[nH]3)n[nH]c2c1. The highest BCUT2D eigenvalue weighted by atomic mass is 16.6. The van der Waals surface area contributed by atoms with Gasteiger partial charge in [0.05, 0.1) is 34.7 Å². The monoisotopic (exact) mass is 407 g/mol. The summed E-state index contributed by atoms with van der Waals surface area (Å²) in [7, 11) is 0. The van der Waals surface area contributed by atoms with Gasteiger partial charge in [0.1, 0.15) is 5.69 Å². The number of benzene rings is 2. The van der Waals surface area contributed by atoms with Crippen molar-refractivity contribution in [1.82, 2.24) is 25.1 Å². The zero-order chi connectivity index (χ0) is 20.5. The summed E-state index contributed by atoms with van der Waals surface area (Å²) in [6, 6.07) is 10.7. The Hall–Kier alpha value is -3.50. The third kappa shape index (κ3) is 3.58. The molecule has 4 aromatic rings. The van der Waals surface area contributed by atoms with Crippen molar-refractivity contribution < 1.29 is 9.66 Å². The molecule has 1 aliphatic heterocycles. The first-order valence-corrected chi connectivity index (χ1v) is 9.84. The summed E-state index contributed by atoms with van der Waals surface area (Å²) in [5.74, 6) is 0.621. The molecule has 10 heteroatoms. The molecule has 0 atom stereocenters. The van der Waals surface area contributed by atoms with Gasteiger partial charge in [0.25, 0.3) is 5.69 Å². The number of anilines is 1. The lowest BCUT2D eigenvalue weighted by molar-refractivity contribution is -0.384. The number of fused-ring (bicyclic) bond motifs is 2. The number of nitro groups is 1. The number of rotatable bonds is 6. The zero-order valence-electron chi connectivity index (χ0n) is 16.2. The number of nitrogens with zero attached hydrogens (tertiary/aromatic N) is 4. The quantitative estimate of drug-likeness (QED) is 0.331. The van der Waals surface area contributed by atoms with Gasteiger partial charge < -0.3 is 15.0 Å². The lowest BCUT2D eigenvalue weighted by Gasteiger charge is -2.26. The van der Waals surface area contributed by atoms with Crippen molar-refractivity contribution in [1.29, 1.82) is 0 Å². The summed E-state index contributed by atoms with van der Waals surface area (Å²) in [5.41, 5.74) is 4.02. The van der Waals surface area contributed by atoms with E-state index in [9.17, 15) is 10.1 Å². The van der Waals surface area contributed by atoms with Crippen LogP contribution in [0.2, 0.25) is 0 Å². The fourth-order valence-corrected chi connectivity index (χ4v) is 3.72. The van der Waals surface area contributed by atoms with E-state index in [0.29, 0.717) is 17.0 Å². The van der Waals surface area contributed by atoms with Crippen LogP contribution in [0.3, 0.4) is 0 Å². The number of H-pyrrole nitrogens is 2. The van der Waals surface area contributed by atoms with Gasteiger partial charge in [0.2, 0.25) is 0 Å². The second-order valence-electron chi connectivity index (χ2n) is 7.26. The molecule has 0 amide bonds. The van der Waals surface area contributed by atoms with Crippen molar-refractivity contribution in [2.45, 2.75) is 0 Å². The van der Waals surface area contributed by atoms with E-state index in [2.05, 4.69) is 30.4 Å². The van der Waals surface area contributed by atoms with E-state index < -0.39 is 4.92 Å². The smallest absolute Gasteiger partial charge is 0.271 e. The average Bonchev–Trinajstić information content (AvgIpc) is 3.37. The molecule has 0 aliphatic carbocycles. The van der Waals surface area contributed by atoms with E-state index in [1.54, 1.807) is 6.07 Å². The fourth-order valence-electron chi connectivity index (χ4n) is 3.72. The number of aromatic amines is 2. The van der Waals surface area contributed by atoms with Gasteiger partial charge in [-0.3, -0.25) is 20.1 Å². The number of hydrogen-bond donors (Lipinski definition) is 3. The zero-order valence-corrected chi connectivity index (χ0v) is 16.2. The van der Waals surface area contributed by atoms with E-state index in [-0.39, 0.29) is 5.69 Å². The number of non-ortho nitro benzene ring substituents is 1. The van der Waals surface area contributed by atoms with Crippen LogP contribution in [-0.2, 0) is 4.74 Å². The molecule has 3 heterocycles. The summed E-state index contributed by atoms with van der Waals surface area (Å²) in [6.45, 7) is 5.39. The second kappa shape index (κ2) is 7.73. The van der Waals surface area contributed by atoms with Gasteiger partial charge >= 0.3 is 0 Å². The molecule has 1 fully saturated rings. The van der Waals surface area contributed by atoms with E-state index in [1.165, 1.54) is 12.1 Å². The van der Waals surface area contributed by atoms with Gasteiger partial charge in [-0.05, 0) is 24.3 Å². The van der Waals surface area contributed by atoms with E-state index >= 15 is 0 Å². The molecule has 154 valence electrons. The molecule has 2 aromatic carbocycles. The Labute approximate surface area is 171 Å². The standard InChI is InChI=1S/C20H21N7O3/c28-27(29)14-2-3-15-17(12-14)24-25-19(15)20-22-16-4-1-13(11-18(16)23-20)21-5-6-26-7-9-30-10-8-26/h1-4,11-12,21H,5-10H2,(H,22,23)(H,24,25). The maximum atomic E-state index is 11.0. The first-order chi connectivity index (χ1) is 14.7. The highest BCUT2D eigenvalue weighted by Crippen LogP contribution is 2.29. The summed E-state index contributed by atoms with van der Waals surface area (Å²) in [5, 5.41) is 22.4. The highest BCUT2D eigenvalue weighted by molar-refractivity contribution is 5.94. The van der Waals surface area contributed by atoms with Crippen molar-refractivity contribution >= 4 is 33.3 Å². The Balaban J connectivity index is 1.35. The molecular formula is C20H21N7O3. The fraction of sp³-hybridized carbons (Fsp3) is 0.300. The Kier molecular flexibility index (Phi) is 4.77. The largest absolute Gasteiger partial charge is 0.384 e. The van der Waals surface area contributed by atoms with E-state index in [4.69, 9.17) is 4.74 Å². The van der Waals surface area contributed by atoms with Crippen molar-refractivity contribution in [3.63, 3.8) is 0 Å². The number of imidazole rings is 1. The number of hydrogen-bond acceptors (Lipinski definition) is 7. The minimum Gasteiger partial charge on any atom is -0.384 e. The van der Waals surface area contributed by atoms with Gasteiger partial charge in [-0.25, -0.2) is 4.98 Å². The molecule has 1 aliphatic rings. The molecule has 0 unspecified atom stereocenters. The Morgan fingerprint density at radius 2 is 2.03 bits per heavy atom. The molecule has 30 heavy (non-hydrogen) atoms. The molecule has 0 spiro atoms. The number of aromatic nitrogens is 4. The lowest BCUT2D eigenvalue weighted by Crippen LogP contribution is -2.38. The van der Waals surface area contributed by atoms with E-state index in [0.717, 1.165) is 61.5 Å². The molecule has 0 saturated carbocycles. The van der Waals surface area contributed by atoms with Gasteiger partial charge in [-0.1, -0.05) is 0 Å². The first-order valence-electron chi connectivity index (χ1n) is 9.84. The normalized spacial score (nSPS) is 15.1. The highest BCUT2D eigenvalue weighted by Gasteiger charge is 2.16. The minimum absolute atomic E-state index is 0.0232. The maximum Gasteiger partial charge on any atom is 0.271 e. The van der Waals surface area contributed by atoms with Crippen LogP contribution in [0.5, 0.6) is 0 Å². The predicted molar refractivity (Wildman–Crippen MR) is 114 cm³/mol. The number of morpholine rings is 1. The lowest BCUT2D eigenvalue weighted by atomic mass is 10.2. The molecule has 5 rings (SSSR count). The van der Waals surface area contributed by atoms with Crippen LogP contribution < -0.4 is 5.32 Å². The van der Waals surface area contributed by atoms with E-state index in [1.807, 2.05) is 18.2 Å². The van der Waals surface area contributed by atoms with Crippen molar-refractivity contribution in [3.8, 4) is 11.5 Å². The summed E-state index contributed by atoms with van der Waals surface area (Å²) in [6.07, 6.45) is 0. The Bertz CT molecular complexity index is 1210. The number of nitro benzene ring substituents is 1. The Morgan fingerprint density at radius 3 is 2.87 bits per heavy atom. The van der Waals surface area contributed by atoms with Gasteiger partial charge in [0.15, 0.2) is 5.82 Å². The molecule has 0 radical (unpaired) electrons. The summed E-state index contributed by atoms with van der Waals surface area (Å²) < 4.78 is 5.38. The Morgan fingerprint density at radius 1 is 1.17 bits per heavy atom. The van der Waals surface area contributed by atoms with Gasteiger partial charge in [0, 0.05) is 49.4 Å². The summed E-state index contributed by atoms with van der Waals surface area (Å²) in [4.78, 5) is 20.9. The molecule has 1 saturated heterocycles. The molecule has 2 aromatic heterocycles. The number of nitrogens with one attached hydrogen (secondary N) is 3. The molecular weight excluding hydrogens is 386 g/mol. The van der Waals surface area contributed by atoms with Crippen LogP contribution in [0.4, 0.5) is 11.4 Å². The van der Waals surface area contributed by atoms with Gasteiger partial charge in [-0.15, -0.1) is 0 Å². The average molecular weight is 407 g/mol. The van der Waals surface area contributed by atoms with Crippen LogP contribution >= 0.6 is 0 Å². The van der Waals surface area contributed by atoms with Crippen LogP contribution in [0.15, 0.2) is 36.4 Å². The molecule has 0 bridgehead atoms. The van der Waals surface area contributed by atoms with Crippen LogP contribution in [0.25, 0.3) is 33.5 Å². The molecule has 10 nitrogen and oxygen atoms in total. The van der Waals surface area contributed by atoms with Crippen LogP contribution in [0, 0.1) is 10.1 Å². The summed E-state index contributed by atoms with van der Waals surface area (Å²) >= 11 is 0. The number of ether oxygens (including phenoxy) is 1. The third-order valence-corrected chi connectivity index (χ3v) is 5.32. The van der Waals surface area contributed by atoms with Crippen molar-refractivity contribution in [2.75, 3.05) is 44.7 Å². The van der Waals surface area contributed by atoms with Crippen LogP contribution in [0.1, 0.15) is 0 Å². The predicted octanol–water partition coefficient (Wildman–Crippen LogP) is 2.76. The van der Waals surface area contributed by atoms with Gasteiger partial charge in [-0.2, -0.15) is 5.10 Å². The first kappa shape index (κ1) is 18.5. The third-order valence-electron chi connectivity index (χ3n) is 5.32.